The number of carbonyl (C=O) groups excluding carboxylic acids is 1. The minimum Gasteiger partial charge on any atom is -0.493 e. The second kappa shape index (κ2) is 7.30. The third kappa shape index (κ3) is 3.94. The highest BCUT2D eigenvalue weighted by molar-refractivity contribution is 5.84. The Hall–Kier alpha value is -2.95. The molecule has 0 fully saturated rings. The molecule has 130 valence electrons. The molecule has 0 radical (unpaired) electrons. The lowest BCUT2D eigenvalue weighted by Gasteiger charge is -2.10. The Bertz CT molecular complexity index is 899. The number of aryl methyl sites for hydroxylation is 1. The molecule has 0 aliphatic carbocycles. The van der Waals surface area contributed by atoms with Crippen LogP contribution in [-0.2, 0) is 17.8 Å². The third-order valence-corrected chi connectivity index (χ3v) is 4.12. The maximum atomic E-state index is 12.2. The number of nitrogens with one attached hydrogen (secondary N) is 2. The second-order valence-electron chi connectivity index (χ2n) is 6.02. The number of aromatic nitrogens is 1. The van der Waals surface area contributed by atoms with Gasteiger partial charge in [0.25, 0.3) is 0 Å². The summed E-state index contributed by atoms with van der Waals surface area (Å²) in [6.45, 7) is 2.47. The number of carbonyl (C=O) groups is 1. The molecule has 2 N–H and O–H groups in total. The summed E-state index contributed by atoms with van der Waals surface area (Å²) in [6.07, 6.45) is 0.355. The van der Waals surface area contributed by atoms with Crippen LogP contribution in [0.2, 0.25) is 0 Å². The number of H-pyrrole nitrogens is 1. The minimum absolute atomic E-state index is 0.0126. The summed E-state index contributed by atoms with van der Waals surface area (Å²) >= 11 is 0. The van der Waals surface area contributed by atoms with Crippen LogP contribution in [0.1, 0.15) is 16.8 Å². The molecule has 5 nitrogen and oxygen atoms in total. The number of hydrogen-bond acceptors (Lipinski definition) is 3. The van der Waals surface area contributed by atoms with E-state index in [1.54, 1.807) is 14.2 Å². The summed E-state index contributed by atoms with van der Waals surface area (Å²) in [4.78, 5) is 15.5. The van der Waals surface area contributed by atoms with Gasteiger partial charge in [0, 0.05) is 17.8 Å². The number of aromatic amines is 1. The molecule has 1 aromatic heterocycles. The maximum absolute atomic E-state index is 12.2. The third-order valence-electron chi connectivity index (χ3n) is 4.12. The Morgan fingerprint density at radius 2 is 1.76 bits per heavy atom. The molecular weight excluding hydrogens is 316 g/mol. The van der Waals surface area contributed by atoms with Crippen LogP contribution in [0.3, 0.4) is 0 Å². The van der Waals surface area contributed by atoms with Crippen molar-refractivity contribution >= 4 is 16.8 Å². The Morgan fingerprint density at radius 3 is 2.52 bits per heavy atom. The second-order valence-corrected chi connectivity index (χ2v) is 6.02. The lowest BCUT2D eigenvalue weighted by Crippen LogP contribution is -2.24. The fourth-order valence-corrected chi connectivity index (χ4v) is 2.88. The predicted molar refractivity (Wildman–Crippen MR) is 98.1 cm³/mol. The molecule has 3 aromatic rings. The van der Waals surface area contributed by atoms with Crippen LogP contribution in [0.15, 0.2) is 42.5 Å². The number of hydrogen-bond donors (Lipinski definition) is 2. The van der Waals surface area contributed by atoms with Crippen molar-refractivity contribution in [1.29, 1.82) is 0 Å². The summed E-state index contributed by atoms with van der Waals surface area (Å²) in [6, 6.07) is 13.7. The summed E-state index contributed by atoms with van der Waals surface area (Å²) < 4.78 is 10.5. The first-order chi connectivity index (χ1) is 12.1. The normalized spacial score (nSPS) is 10.7. The van der Waals surface area contributed by atoms with Crippen LogP contribution in [0.5, 0.6) is 11.5 Å². The average molecular weight is 338 g/mol. The first-order valence-corrected chi connectivity index (χ1v) is 8.15. The van der Waals surface area contributed by atoms with E-state index in [2.05, 4.69) is 22.4 Å². The van der Waals surface area contributed by atoms with Gasteiger partial charge in [0.05, 0.1) is 20.6 Å². The zero-order valence-corrected chi connectivity index (χ0v) is 14.7. The van der Waals surface area contributed by atoms with Gasteiger partial charge in [0.15, 0.2) is 11.5 Å². The predicted octanol–water partition coefficient (Wildman–Crippen LogP) is 3.35. The van der Waals surface area contributed by atoms with Crippen molar-refractivity contribution in [3.63, 3.8) is 0 Å². The van der Waals surface area contributed by atoms with Crippen molar-refractivity contribution in [3.8, 4) is 11.5 Å². The van der Waals surface area contributed by atoms with E-state index in [1.807, 2.05) is 37.3 Å². The molecule has 0 aliphatic heterocycles. The standard InChI is InChI=1S/C20H22N2O3/c1-13-8-16-9-14(4-6-17(16)22-13)11-20(23)21-12-15-5-7-18(24-2)19(10-15)25-3/h4-10,22H,11-12H2,1-3H3,(H,21,23). The quantitative estimate of drug-likeness (QED) is 0.724. The molecule has 25 heavy (non-hydrogen) atoms. The van der Waals surface area contributed by atoms with Gasteiger partial charge in [0.2, 0.25) is 5.91 Å². The molecule has 0 spiro atoms. The lowest BCUT2D eigenvalue weighted by atomic mass is 10.1. The molecule has 0 aliphatic rings. The topological polar surface area (TPSA) is 63.3 Å². The Morgan fingerprint density at radius 1 is 1.00 bits per heavy atom. The van der Waals surface area contributed by atoms with Crippen LogP contribution in [0.25, 0.3) is 10.9 Å². The smallest absolute Gasteiger partial charge is 0.224 e. The first-order valence-electron chi connectivity index (χ1n) is 8.15. The number of rotatable bonds is 6. The van der Waals surface area contributed by atoms with Crippen LogP contribution < -0.4 is 14.8 Å². The molecule has 0 saturated carbocycles. The summed E-state index contributed by atoms with van der Waals surface area (Å²) in [5.74, 6) is 1.32. The first kappa shape index (κ1) is 16.9. The fraction of sp³-hybridized carbons (Fsp3) is 0.250. The van der Waals surface area contributed by atoms with E-state index in [4.69, 9.17) is 9.47 Å². The van der Waals surface area contributed by atoms with Crippen LogP contribution in [0, 0.1) is 6.92 Å². The van der Waals surface area contributed by atoms with Gasteiger partial charge in [-0.2, -0.15) is 0 Å². The van der Waals surface area contributed by atoms with Crippen molar-refractivity contribution in [2.75, 3.05) is 14.2 Å². The van der Waals surface area contributed by atoms with Crippen LogP contribution in [0.4, 0.5) is 0 Å². The van der Waals surface area contributed by atoms with Gasteiger partial charge in [-0.05, 0) is 53.8 Å². The van der Waals surface area contributed by atoms with Crippen molar-refractivity contribution < 1.29 is 14.3 Å². The van der Waals surface area contributed by atoms with E-state index < -0.39 is 0 Å². The zero-order valence-electron chi connectivity index (χ0n) is 14.7. The highest BCUT2D eigenvalue weighted by Crippen LogP contribution is 2.27. The van der Waals surface area contributed by atoms with E-state index in [9.17, 15) is 4.79 Å². The van der Waals surface area contributed by atoms with Crippen LogP contribution >= 0.6 is 0 Å². The van der Waals surface area contributed by atoms with Gasteiger partial charge >= 0.3 is 0 Å². The van der Waals surface area contributed by atoms with Gasteiger partial charge in [-0.1, -0.05) is 12.1 Å². The summed E-state index contributed by atoms with van der Waals surface area (Å²) in [7, 11) is 3.20. The van der Waals surface area contributed by atoms with Crippen molar-refractivity contribution in [2.45, 2.75) is 19.9 Å². The largest absolute Gasteiger partial charge is 0.493 e. The van der Waals surface area contributed by atoms with E-state index >= 15 is 0 Å². The minimum atomic E-state index is -0.0126. The fourth-order valence-electron chi connectivity index (χ4n) is 2.88. The summed E-state index contributed by atoms with van der Waals surface area (Å²) in [5, 5.41) is 4.07. The van der Waals surface area contributed by atoms with Crippen molar-refractivity contribution in [2.24, 2.45) is 0 Å². The maximum Gasteiger partial charge on any atom is 0.224 e. The van der Waals surface area contributed by atoms with Crippen molar-refractivity contribution in [3.05, 3.63) is 59.3 Å². The number of ether oxygens (including phenoxy) is 2. The van der Waals surface area contributed by atoms with Gasteiger partial charge in [-0.25, -0.2) is 0 Å². The Kier molecular flexibility index (Phi) is 4.93. The van der Waals surface area contributed by atoms with E-state index in [1.165, 1.54) is 0 Å². The summed E-state index contributed by atoms with van der Waals surface area (Å²) in [5.41, 5.74) is 4.16. The van der Waals surface area contributed by atoms with Crippen molar-refractivity contribution in [1.82, 2.24) is 10.3 Å². The molecule has 1 amide bonds. The molecule has 0 bridgehead atoms. The van der Waals surface area contributed by atoms with Gasteiger partial charge in [-0.3, -0.25) is 4.79 Å². The Labute approximate surface area is 147 Å². The molecular formula is C20H22N2O3. The van der Waals surface area contributed by atoms with Gasteiger partial charge in [0.1, 0.15) is 0 Å². The number of methoxy groups -OCH3 is 2. The Balaban J connectivity index is 1.62. The number of amides is 1. The highest BCUT2D eigenvalue weighted by atomic mass is 16.5. The number of benzene rings is 2. The van der Waals surface area contributed by atoms with E-state index in [0.717, 1.165) is 27.7 Å². The molecule has 0 saturated heterocycles. The SMILES string of the molecule is COc1ccc(CNC(=O)Cc2ccc3[nH]c(C)cc3c2)cc1OC. The molecule has 5 heteroatoms. The molecule has 2 aromatic carbocycles. The number of fused-ring (bicyclic) bond motifs is 1. The van der Waals surface area contributed by atoms with E-state index in [-0.39, 0.29) is 5.91 Å². The molecule has 3 rings (SSSR count). The highest BCUT2D eigenvalue weighted by Gasteiger charge is 2.08. The van der Waals surface area contributed by atoms with Gasteiger partial charge < -0.3 is 19.8 Å². The lowest BCUT2D eigenvalue weighted by molar-refractivity contribution is -0.120. The molecule has 0 atom stereocenters. The van der Waals surface area contributed by atoms with E-state index in [0.29, 0.717) is 24.5 Å². The molecule has 1 heterocycles. The average Bonchev–Trinajstić information content (AvgIpc) is 2.99. The van der Waals surface area contributed by atoms with Gasteiger partial charge in [-0.15, -0.1) is 0 Å². The monoisotopic (exact) mass is 338 g/mol. The zero-order chi connectivity index (χ0) is 17.8. The van der Waals surface area contributed by atoms with Crippen LogP contribution in [-0.4, -0.2) is 25.1 Å². The molecule has 0 unspecified atom stereocenters.